The molecule has 0 N–H and O–H groups in total. The van der Waals surface area contributed by atoms with Crippen molar-refractivity contribution in [3.8, 4) is 11.5 Å². The second kappa shape index (κ2) is 8.13. The van der Waals surface area contributed by atoms with Crippen molar-refractivity contribution >= 4 is 0 Å². The van der Waals surface area contributed by atoms with Crippen LogP contribution in [-0.2, 0) is 16.9 Å². The second-order valence-corrected chi connectivity index (χ2v) is 8.08. The van der Waals surface area contributed by atoms with Crippen molar-refractivity contribution in [2.24, 2.45) is 5.92 Å². The van der Waals surface area contributed by atoms with E-state index in [1.165, 1.54) is 16.7 Å². The Labute approximate surface area is 178 Å². The number of nitrogens with zero attached hydrogens (tertiary/aromatic N) is 1. The lowest BCUT2D eigenvalue weighted by Gasteiger charge is -2.39. The number of methoxy groups -OCH3 is 1. The number of rotatable bonds is 6. The van der Waals surface area contributed by atoms with Gasteiger partial charge >= 0.3 is 0 Å². The number of likely N-dealkylation sites (tertiary alicyclic amines) is 1. The van der Waals surface area contributed by atoms with E-state index >= 15 is 0 Å². The molecule has 4 heteroatoms. The van der Waals surface area contributed by atoms with Crippen LogP contribution in [-0.4, -0.2) is 31.9 Å². The van der Waals surface area contributed by atoms with Crippen LogP contribution in [0, 0.1) is 5.92 Å². The van der Waals surface area contributed by atoms with Crippen molar-refractivity contribution in [1.29, 1.82) is 0 Å². The fourth-order valence-electron chi connectivity index (χ4n) is 5.02. The molecule has 1 fully saturated rings. The monoisotopic (exact) mass is 401 g/mol. The summed E-state index contributed by atoms with van der Waals surface area (Å²) in [5, 5.41) is 0. The standard InChI is InChI=1S/C26H27NO3/c1-28-26(21-8-4-2-5-9-21,22-10-6-3-7-11-22)23-14-15-27(18-23)17-20-12-13-24-25(16-20)30-19-29-24/h2-13,16,23H,14-15,17-19H2,1H3. The molecule has 3 aromatic rings. The lowest BCUT2D eigenvalue weighted by Crippen LogP contribution is -2.40. The van der Waals surface area contributed by atoms with E-state index in [0.29, 0.717) is 12.7 Å². The van der Waals surface area contributed by atoms with Gasteiger partial charge in [0.15, 0.2) is 11.5 Å². The molecule has 1 saturated heterocycles. The van der Waals surface area contributed by atoms with Crippen LogP contribution in [0.5, 0.6) is 11.5 Å². The molecule has 0 aliphatic carbocycles. The maximum absolute atomic E-state index is 6.39. The highest BCUT2D eigenvalue weighted by Crippen LogP contribution is 2.44. The fraction of sp³-hybridized carbons (Fsp3) is 0.308. The SMILES string of the molecule is COC(c1ccccc1)(c1ccccc1)C1CCN(Cc2ccc3c(c2)OCO3)C1. The molecule has 1 unspecified atom stereocenters. The van der Waals surface area contributed by atoms with Crippen LogP contribution in [0.15, 0.2) is 78.9 Å². The molecule has 3 aromatic carbocycles. The lowest BCUT2D eigenvalue weighted by molar-refractivity contribution is -0.0264. The highest BCUT2D eigenvalue weighted by molar-refractivity contribution is 5.44. The van der Waals surface area contributed by atoms with Gasteiger partial charge in [-0.2, -0.15) is 0 Å². The van der Waals surface area contributed by atoms with Crippen molar-refractivity contribution in [3.05, 3.63) is 95.6 Å². The molecule has 1 atom stereocenters. The minimum absolute atomic E-state index is 0.315. The Bertz CT molecular complexity index is 950. The molecule has 0 bridgehead atoms. The number of fused-ring (bicyclic) bond motifs is 1. The first-order valence-corrected chi connectivity index (χ1v) is 10.6. The smallest absolute Gasteiger partial charge is 0.231 e. The zero-order valence-electron chi connectivity index (χ0n) is 17.3. The van der Waals surface area contributed by atoms with Crippen molar-refractivity contribution in [1.82, 2.24) is 4.90 Å². The van der Waals surface area contributed by atoms with Crippen molar-refractivity contribution < 1.29 is 14.2 Å². The number of benzene rings is 3. The molecule has 0 aromatic heterocycles. The summed E-state index contributed by atoms with van der Waals surface area (Å²) in [4.78, 5) is 2.52. The molecule has 0 radical (unpaired) electrons. The van der Waals surface area contributed by atoms with E-state index in [0.717, 1.165) is 37.6 Å². The minimum Gasteiger partial charge on any atom is -0.454 e. The highest BCUT2D eigenvalue weighted by atomic mass is 16.7. The van der Waals surface area contributed by atoms with Gasteiger partial charge in [0.05, 0.1) is 0 Å². The Hall–Kier alpha value is -2.82. The second-order valence-electron chi connectivity index (χ2n) is 8.08. The number of hydrogen-bond donors (Lipinski definition) is 0. The molecule has 0 saturated carbocycles. The van der Waals surface area contributed by atoms with Crippen molar-refractivity contribution in [2.45, 2.75) is 18.6 Å². The van der Waals surface area contributed by atoms with Gasteiger partial charge in [-0.15, -0.1) is 0 Å². The van der Waals surface area contributed by atoms with Crippen LogP contribution in [0.1, 0.15) is 23.1 Å². The summed E-state index contributed by atoms with van der Waals surface area (Å²) in [5.41, 5.74) is 3.23. The minimum atomic E-state index is -0.452. The van der Waals surface area contributed by atoms with Crippen LogP contribution >= 0.6 is 0 Å². The maximum Gasteiger partial charge on any atom is 0.231 e. The van der Waals surface area contributed by atoms with Crippen LogP contribution in [0.4, 0.5) is 0 Å². The molecular formula is C26H27NO3. The number of hydrogen-bond acceptors (Lipinski definition) is 4. The summed E-state index contributed by atoms with van der Waals surface area (Å²) in [6.45, 7) is 3.24. The summed E-state index contributed by atoms with van der Waals surface area (Å²) in [7, 11) is 1.85. The van der Waals surface area contributed by atoms with Crippen molar-refractivity contribution in [3.63, 3.8) is 0 Å². The van der Waals surface area contributed by atoms with Gasteiger partial charge in [0.1, 0.15) is 5.60 Å². The quantitative estimate of drug-likeness (QED) is 0.592. The Balaban J connectivity index is 1.42. The van der Waals surface area contributed by atoms with E-state index in [-0.39, 0.29) is 0 Å². The summed E-state index contributed by atoms with van der Waals surface area (Å²) in [5.74, 6) is 2.05. The lowest BCUT2D eigenvalue weighted by atomic mass is 9.75. The topological polar surface area (TPSA) is 30.9 Å². The van der Waals surface area contributed by atoms with E-state index in [2.05, 4.69) is 77.7 Å². The average molecular weight is 402 g/mol. The third-order valence-electron chi connectivity index (χ3n) is 6.42. The third-order valence-corrected chi connectivity index (χ3v) is 6.42. The van der Waals surface area contributed by atoms with Gasteiger partial charge in [-0.05, 0) is 41.8 Å². The zero-order valence-corrected chi connectivity index (χ0v) is 17.3. The molecule has 2 aliphatic rings. The van der Waals surface area contributed by atoms with E-state index < -0.39 is 5.60 Å². The first kappa shape index (κ1) is 19.2. The summed E-state index contributed by atoms with van der Waals surface area (Å²) < 4.78 is 17.4. The van der Waals surface area contributed by atoms with Gasteiger partial charge in [-0.3, -0.25) is 4.90 Å². The molecule has 0 spiro atoms. The zero-order chi connectivity index (χ0) is 20.4. The molecule has 2 heterocycles. The normalized spacial score (nSPS) is 18.6. The molecule has 0 amide bonds. The Kier molecular flexibility index (Phi) is 5.19. The van der Waals surface area contributed by atoms with Gasteiger partial charge in [-0.25, -0.2) is 0 Å². The van der Waals surface area contributed by atoms with Gasteiger partial charge in [0.25, 0.3) is 0 Å². The van der Waals surface area contributed by atoms with Crippen LogP contribution < -0.4 is 9.47 Å². The molecule has 30 heavy (non-hydrogen) atoms. The summed E-state index contributed by atoms with van der Waals surface area (Å²) in [6, 6.07) is 27.6. The van der Waals surface area contributed by atoms with E-state index in [9.17, 15) is 0 Å². The summed E-state index contributed by atoms with van der Waals surface area (Å²) in [6.07, 6.45) is 1.09. The van der Waals surface area contributed by atoms with E-state index in [4.69, 9.17) is 14.2 Å². The van der Waals surface area contributed by atoms with Gasteiger partial charge in [0, 0.05) is 26.1 Å². The van der Waals surface area contributed by atoms with Gasteiger partial charge in [-0.1, -0.05) is 66.7 Å². The molecular weight excluding hydrogens is 374 g/mol. The molecule has 4 nitrogen and oxygen atoms in total. The molecule has 2 aliphatic heterocycles. The first-order valence-electron chi connectivity index (χ1n) is 10.6. The maximum atomic E-state index is 6.39. The predicted octanol–water partition coefficient (Wildman–Crippen LogP) is 4.83. The highest BCUT2D eigenvalue weighted by Gasteiger charge is 2.45. The van der Waals surface area contributed by atoms with Gasteiger partial charge in [0.2, 0.25) is 6.79 Å². The summed E-state index contributed by atoms with van der Waals surface area (Å²) >= 11 is 0. The molecule has 5 rings (SSSR count). The van der Waals surface area contributed by atoms with Crippen LogP contribution in [0.25, 0.3) is 0 Å². The van der Waals surface area contributed by atoms with E-state index in [1.807, 2.05) is 13.2 Å². The Morgan fingerprint density at radius 1 is 0.900 bits per heavy atom. The van der Waals surface area contributed by atoms with Crippen molar-refractivity contribution in [2.75, 3.05) is 27.0 Å². The Morgan fingerprint density at radius 3 is 2.23 bits per heavy atom. The average Bonchev–Trinajstić information content (AvgIpc) is 3.46. The van der Waals surface area contributed by atoms with Gasteiger partial charge < -0.3 is 14.2 Å². The first-order chi connectivity index (χ1) is 14.8. The fourth-order valence-corrected chi connectivity index (χ4v) is 5.02. The molecule has 154 valence electrons. The predicted molar refractivity (Wildman–Crippen MR) is 117 cm³/mol. The third kappa shape index (κ3) is 3.36. The largest absolute Gasteiger partial charge is 0.454 e. The van der Waals surface area contributed by atoms with Crippen LogP contribution in [0.3, 0.4) is 0 Å². The number of ether oxygens (including phenoxy) is 3. The van der Waals surface area contributed by atoms with E-state index in [1.54, 1.807) is 0 Å². The van der Waals surface area contributed by atoms with Crippen LogP contribution in [0.2, 0.25) is 0 Å². The Morgan fingerprint density at radius 2 is 1.57 bits per heavy atom.